The molecule has 2 heterocycles. The first-order chi connectivity index (χ1) is 12.1. The first-order valence-corrected chi connectivity index (χ1v) is 9.53. The minimum atomic E-state index is -0.423. The van der Waals surface area contributed by atoms with E-state index >= 15 is 0 Å². The molecule has 0 N–H and O–H groups in total. The standard InChI is InChI=1S/C19H21FN4S/c1-23(13-18-22-7-10-25-18)17-11-19(17)5-8-24(9-6-19)16-4-2-3-15(20)14(16)12-21/h2-4,7,10,17H,5-6,8-9,11,13H2,1H3/t17-/m0/s1. The second-order valence-corrected chi connectivity index (χ2v) is 8.14. The van der Waals surface area contributed by atoms with Gasteiger partial charge in [0.15, 0.2) is 0 Å². The van der Waals surface area contributed by atoms with Gasteiger partial charge in [0, 0.05) is 30.7 Å². The molecule has 0 bridgehead atoms. The Morgan fingerprint density at radius 1 is 1.44 bits per heavy atom. The number of halogens is 1. The number of hydrogen-bond donors (Lipinski definition) is 0. The van der Waals surface area contributed by atoms with Crippen molar-refractivity contribution in [3.63, 3.8) is 0 Å². The van der Waals surface area contributed by atoms with Crippen molar-refractivity contribution < 1.29 is 4.39 Å². The lowest BCUT2D eigenvalue weighted by Crippen LogP contribution is -2.38. The summed E-state index contributed by atoms with van der Waals surface area (Å²) in [5, 5.41) is 12.4. The van der Waals surface area contributed by atoms with E-state index in [1.54, 1.807) is 17.4 Å². The normalized spacial score (nSPS) is 21.5. The number of nitriles is 1. The fourth-order valence-electron chi connectivity index (χ4n) is 4.22. The van der Waals surface area contributed by atoms with Gasteiger partial charge >= 0.3 is 0 Å². The van der Waals surface area contributed by atoms with Gasteiger partial charge in [-0.15, -0.1) is 11.3 Å². The van der Waals surface area contributed by atoms with E-state index < -0.39 is 5.82 Å². The molecule has 1 aliphatic carbocycles. The zero-order valence-corrected chi connectivity index (χ0v) is 15.1. The van der Waals surface area contributed by atoms with Gasteiger partial charge in [0.25, 0.3) is 0 Å². The van der Waals surface area contributed by atoms with E-state index in [-0.39, 0.29) is 5.56 Å². The Labute approximate surface area is 151 Å². The predicted octanol–water partition coefficient (Wildman–Crippen LogP) is 3.64. The van der Waals surface area contributed by atoms with Crippen LogP contribution in [0, 0.1) is 22.6 Å². The molecule has 0 amide bonds. The van der Waals surface area contributed by atoms with Crippen LogP contribution in [-0.2, 0) is 6.54 Å². The van der Waals surface area contributed by atoms with Crippen LogP contribution < -0.4 is 4.90 Å². The maximum absolute atomic E-state index is 13.9. The van der Waals surface area contributed by atoms with E-state index in [1.807, 2.05) is 23.7 Å². The van der Waals surface area contributed by atoms with Gasteiger partial charge in [0.1, 0.15) is 22.5 Å². The van der Waals surface area contributed by atoms with Gasteiger partial charge in [-0.25, -0.2) is 9.37 Å². The van der Waals surface area contributed by atoms with Crippen LogP contribution in [0.25, 0.3) is 0 Å². The van der Waals surface area contributed by atoms with Crippen molar-refractivity contribution in [3.8, 4) is 6.07 Å². The highest BCUT2D eigenvalue weighted by Gasteiger charge is 2.56. The molecular weight excluding hydrogens is 335 g/mol. The SMILES string of the molecule is CN(Cc1nccs1)[C@H]1CC12CCN(c1cccc(F)c1C#N)CC2. The molecule has 1 saturated carbocycles. The van der Waals surface area contributed by atoms with E-state index in [9.17, 15) is 9.65 Å². The van der Waals surface area contributed by atoms with Crippen molar-refractivity contribution >= 4 is 17.0 Å². The fraction of sp³-hybridized carbons (Fsp3) is 0.474. The maximum atomic E-state index is 13.9. The number of thiazole rings is 1. The Bertz CT molecular complexity index is 790. The predicted molar refractivity (Wildman–Crippen MR) is 97.0 cm³/mol. The fourth-order valence-corrected chi connectivity index (χ4v) is 4.90. The van der Waals surface area contributed by atoms with Gasteiger partial charge in [-0.2, -0.15) is 5.26 Å². The van der Waals surface area contributed by atoms with Gasteiger partial charge in [-0.3, -0.25) is 4.90 Å². The third-order valence-electron chi connectivity index (χ3n) is 5.75. The van der Waals surface area contributed by atoms with Gasteiger partial charge in [0.05, 0.1) is 12.2 Å². The molecule has 1 aliphatic heterocycles. The molecule has 1 saturated heterocycles. The van der Waals surface area contributed by atoms with Gasteiger partial charge in [-0.05, 0) is 43.9 Å². The molecule has 0 radical (unpaired) electrons. The molecule has 130 valence electrons. The minimum Gasteiger partial charge on any atom is -0.370 e. The largest absolute Gasteiger partial charge is 0.370 e. The smallest absolute Gasteiger partial charge is 0.143 e. The summed E-state index contributed by atoms with van der Waals surface area (Å²) in [7, 11) is 2.19. The summed E-state index contributed by atoms with van der Waals surface area (Å²) < 4.78 is 13.9. The molecule has 25 heavy (non-hydrogen) atoms. The molecule has 1 aromatic heterocycles. The minimum absolute atomic E-state index is 0.173. The average molecular weight is 356 g/mol. The highest BCUT2D eigenvalue weighted by Crippen LogP contribution is 2.56. The van der Waals surface area contributed by atoms with Crippen molar-refractivity contribution in [2.24, 2.45) is 5.41 Å². The van der Waals surface area contributed by atoms with Crippen molar-refractivity contribution in [2.45, 2.75) is 31.8 Å². The Morgan fingerprint density at radius 2 is 2.24 bits per heavy atom. The number of anilines is 1. The first-order valence-electron chi connectivity index (χ1n) is 8.65. The molecule has 6 heteroatoms. The number of benzene rings is 1. The van der Waals surface area contributed by atoms with Crippen molar-refractivity contribution in [1.82, 2.24) is 9.88 Å². The molecular formula is C19H21FN4S. The van der Waals surface area contributed by atoms with Crippen LogP contribution in [0.5, 0.6) is 0 Å². The van der Waals surface area contributed by atoms with Crippen molar-refractivity contribution in [3.05, 3.63) is 46.2 Å². The second kappa shape index (κ2) is 6.40. The number of piperidine rings is 1. The highest BCUT2D eigenvalue weighted by atomic mass is 32.1. The van der Waals surface area contributed by atoms with E-state index in [0.717, 1.165) is 38.2 Å². The van der Waals surface area contributed by atoms with E-state index in [1.165, 1.54) is 17.5 Å². The third kappa shape index (κ3) is 3.03. The summed E-state index contributed by atoms with van der Waals surface area (Å²) in [4.78, 5) is 8.98. The quantitative estimate of drug-likeness (QED) is 0.839. The molecule has 2 aromatic rings. The van der Waals surface area contributed by atoms with Crippen LogP contribution in [0.15, 0.2) is 29.8 Å². The summed E-state index contributed by atoms with van der Waals surface area (Å²) >= 11 is 1.71. The maximum Gasteiger partial charge on any atom is 0.143 e. The number of hydrogen-bond acceptors (Lipinski definition) is 5. The van der Waals surface area contributed by atoms with E-state index in [0.29, 0.717) is 11.5 Å². The summed E-state index contributed by atoms with van der Waals surface area (Å²) in [6, 6.07) is 7.54. The molecule has 4 rings (SSSR count). The van der Waals surface area contributed by atoms with Crippen LogP contribution in [0.1, 0.15) is 29.8 Å². The molecule has 1 aromatic carbocycles. The Kier molecular flexibility index (Phi) is 4.22. The molecule has 2 fully saturated rings. The number of nitrogens with zero attached hydrogens (tertiary/aromatic N) is 4. The van der Waals surface area contributed by atoms with Gasteiger partial charge in [-0.1, -0.05) is 6.07 Å². The average Bonchev–Trinajstić information content (AvgIpc) is 3.07. The van der Waals surface area contributed by atoms with Crippen molar-refractivity contribution in [1.29, 1.82) is 5.26 Å². The third-order valence-corrected chi connectivity index (χ3v) is 6.51. The summed E-state index contributed by atoms with van der Waals surface area (Å²) in [5.74, 6) is -0.423. The second-order valence-electron chi connectivity index (χ2n) is 7.16. The molecule has 2 aliphatic rings. The summed E-state index contributed by atoms with van der Waals surface area (Å²) in [5.41, 5.74) is 1.31. The molecule has 4 nitrogen and oxygen atoms in total. The van der Waals surface area contributed by atoms with E-state index in [4.69, 9.17) is 0 Å². The number of rotatable bonds is 4. The van der Waals surface area contributed by atoms with Crippen LogP contribution >= 0.6 is 11.3 Å². The molecule has 1 atom stereocenters. The van der Waals surface area contributed by atoms with Crippen LogP contribution in [0.4, 0.5) is 10.1 Å². The molecule has 0 unspecified atom stereocenters. The zero-order valence-electron chi connectivity index (χ0n) is 14.3. The van der Waals surface area contributed by atoms with Crippen LogP contribution in [-0.4, -0.2) is 36.1 Å². The zero-order chi connectivity index (χ0) is 17.4. The van der Waals surface area contributed by atoms with Gasteiger partial charge in [0.2, 0.25) is 0 Å². The number of aromatic nitrogens is 1. The van der Waals surface area contributed by atoms with Crippen LogP contribution in [0.2, 0.25) is 0 Å². The highest BCUT2D eigenvalue weighted by molar-refractivity contribution is 7.09. The lowest BCUT2D eigenvalue weighted by Gasteiger charge is -2.36. The van der Waals surface area contributed by atoms with Gasteiger partial charge < -0.3 is 4.90 Å². The Morgan fingerprint density at radius 3 is 2.92 bits per heavy atom. The Hall–Kier alpha value is -1.97. The molecule has 1 spiro atoms. The summed E-state index contributed by atoms with van der Waals surface area (Å²) in [6.07, 6.45) is 5.29. The lowest BCUT2D eigenvalue weighted by molar-refractivity contribution is 0.239. The van der Waals surface area contributed by atoms with Crippen molar-refractivity contribution in [2.75, 3.05) is 25.0 Å². The van der Waals surface area contributed by atoms with E-state index in [2.05, 4.69) is 21.8 Å². The first kappa shape index (κ1) is 16.5. The monoisotopic (exact) mass is 356 g/mol. The van der Waals surface area contributed by atoms with Crippen LogP contribution in [0.3, 0.4) is 0 Å². The summed E-state index contributed by atoms with van der Waals surface area (Å²) in [6.45, 7) is 2.69. The topological polar surface area (TPSA) is 43.2 Å². The Balaban J connectivity index is 1.40. The lowest BCUT2D eigenvalue weighted by atomic mass is 9.91.